The molecule has 9 nitrogen and oxygen atoms in total. The molecule has 28 heavy (non-hydrogen) atoms. The lowest BCUT2D eigenvalue weighted by Gasteiger charge is -2.30. The molecule has 0 saturated carbocycles. The maximum atomic E-state index is 10.7. The number of piperidine rings is 1. The summed E-state index contributed by atoms with van der Waals surface area (Å²) < 4.78 is 7.36. The second kappa shape index (κ2) is 7.35. The van der Waals surface area contributed by atoms with Gasteiger partial charge < -0.3 is 25.0 Å². The van der Waals surface area contributed by atoms with Gasteiger partial charge in [-0.05, 0) is 30.5 Å². The first-order valence-electron chi connectivity index (χ1n) is 8.98. The van der Waals surface area contributed by atoms with Gasteiger partial charge in [-0.3, -0.25) is 0 Å². The van der Waals surface area contributed by atoms with Gasteiger partial charge in [0.1, 0.15) is 23.5 Å². The highest BCUT2D eigenvalue weighted by atomic mass is 16.8. The van der Waals surface area contributed by atoms with Crippen LogP contribution in [0.2, 0.25) is 0 Å². The van der Waals surface area contributed by atoms with E-state index in [9.17, 15) is 4.79 Å². The SMILES string of the molecule is COc1ccc(-c2cn(C3CCN(OC(=O)O)CC3)c3ncnc(N)c23)cc1. The van der Waals surface area contributed by atoms with Crippen LogP contribution in [0.15, 0.2) is 36.8 Å². The second-order valence-electron chi connectivity index (χ2n) is 6.65. The molecule has 3 heterocycles. The van der Waals surface area contributed by atoms with Crippen LogP contribution in [-0.2, 0) is 4.84 Å². The molecule has 1 saturated heterocycles. The summed E-state index contributed by atoms with van der Waals surface area (Å²) >= 11 is 0. The van der Waals surface area contributed by atoms with Crippen molar-refractivity contribution < 1.29 is 19.5 Å². The Morgan fingerprint density at radius 1 is 1.21 bits per heavy atom. The Hall–Kier alpha value is -3.33. The molecule has 1 fully saturated rings. The number of fused-ring (bicyclic) bond motifs is 1. The van der Waals surface area contributed by atoms with Crippen LogP contribution < -0.4 is 10.5 Å². The van der Waals surface area contributed by atoms with Crippen LogP contribution in [0.4, 0.5) is 10.6 Å². The number of aromatic nitrogens is 3. The van der Waals surface area contributed by atoms with Crippen LogP contribution in [0.3, 0.4) is 0 Å². The van der Waals surface area contributed by atoms with Crippen LogP contribution in [0, 0.1) is 0 Å². The molecular weight excluding hydrogens is 362 g/mol. The predicted octanol–water partition coefficient (Wildman–Crippen LogP) is 2.94. The van der Waals surface area contributed by atoms with E-state index in [0.29, 0.717) is 18.9 Å². The van der Waals surface area contributed by atoms with Gasteiger partial charge in [0.15, 0.2) is 0 Å². The molecule has 2 aromatic heterocycles. The second-order valence-corrected chi connectivity index (χ2v) is 6.65. The topological polar surface area (TPSA) is 116 Å². The molecular formula is C19H21N5O4. The first-order chi connectivity index (χ1) is 13.6. The predicted molar refractivity (Wildman–Crippen MR) is 103 cm³/mol. The van der Waals surface area contributed by atoms with Gasteiger partial charge in [-0.15, -0.1) is 5.06 Å². The number of anilines is 1. The van der Waals surface area contributed by atoms with Gasteiger partial charge in [-0.25, -0.2) is 14.8 Å². The smallest absolute Gasteiger partial charge is 0.497 e. The van der Waals surface area contributed by atoms with Crippen molar-refractivity contribution >= 4 is 23.0 Å². The highest BCUT2D eigenvalue weighted by molar-refractivity contribution is 6.00. The van der Waals surface area contributed by atoms with Gasteiger partial charge >= 0.3 is 6.16 Å². The zero-order valence-electron chi connectivity index (χ0n) is 15.4. The van der Waals surface area contributed by atoms with Crippen molar-refractivity contribution in [1.82, 2.24) is 19.6 Å². The van der Waals surface area contributed by atoms with E-state index < -0.39 is 6.16 Å². The summed E-state index contributed by atoms with van der Waals surface area (Å²) in [6.45, 7) is 1.05. The van der Waals surface area contributed by atoms with Gasteiger partial charge in [0.25, 0.3) is 0 Å². The molecule has 4 rings (SSSR count). The maximum Gasteiger partial charge on any atom is 0.525 e. The Balaban J connectivity index is 1.70. The summed E-state index contributed by atoms with van der Waals surface area (Å²) in [7, 11) is 1.63. The minimum atomic E-state index is -1.29. The highest BCUT2D eigenvalue weighted by Gasteiger charge is 2.26. The quantitative estimate of drug-likeness (QED) is 0.706. The standard InChI is InChI=1S/C19H21N5O4/c1-27-14-4-2-12(3-5-14)15-10-24(18-16(15)17(20)21-11-22-18)13-6-8-23(9-7-13)28-19(25)26/h2-5,10-11,13H,6-9H2,1H3,(H,25,26)(H2,20,21,22). The summed E-state index contributed by atoms with van der Waals surface area (Å²) in [5, 5.41) is 11.1. The van der Waals surface area contributed by atoms with Crippen molar-refractivity contribution in [2.24, 2.45) is 0 Å². The summed E-state index contributed by atoms with van der Waals surface area (Å²) in [6.07, 6.45) is 3.71. The van der Waals surface area contributed by atoms with Crippen LogP contribution >= 0.6 is 0 Å². The van der Waals surface area contributed by atoms with E-state index >= 15 is 0 Å². The Kier molecular flexibility index (Phi) is 4.74. The Labute approximate surface area is 161 Å². The first-order valence-corrected chi connectivity index (χ1v) is 8.98. The number of carboxylic acid groups (broad SMARTS) is 1. The average Bonchev–Trinajstić information content (AvgIpc) is 3.09. The van der Waals surface area contributed by atoms with E-state index in [1.54, 1.807) is 7.11 Å². The largest absolute Gasteiger partial charge is 0.525 e. The minimum absolute atomic E-state index is 0.164. The number of nitrogens with two attached hydrogens (primary N) is 1. The number of nitrogen functional groups attached to an aromatic ring is 1. The maximum absolute atomic E-state index is 10.7. The van der Waals surface area contributed by atoms with Gasteiger partial charge in [0, 0.05) is 30.9 Å². The number of hydrogen-bond acceptors (Lipinski definition) is 7. The van der Waals surface area contributed by atoms with Crippen molar-refractivity contribution in [2.45, 2.75) is 18.9 Å². The van der Waals surface area contributed by atoms with Gasteiger partial charge in [0.05, 0.1) is 12.5 Å². The molecule has 3 N–H and O–H groups in total. The summed E-state index contributed by atoms with van der Waals surface area (Å²) in [6, 6.07) is 7.93. The van der Waals surface area contributed by atoms with Gasteiger partial charge in [-0.2, -0.15) is 0 Å². The molecule has 0 amide bonds. The summed E-state index contributed by atoms with van der Waals surface area (Å²) in [5.41, 5.74) is 8.92. The highest BCUT2D eigenvalue weighted by Crippen LogP contribution is 2.37. The monoisotopic (exact) mass is 383 g/mol. The zero-order chi connectivity index (χ0) is 19.7. The molecule has 0 unspecified atom stereocenters. The van der Waals surface area contributed by atoms with Crippen LogP contribution in [0.1, 0.15) is 18.9 Å². The molecule has 0 atom stereocenters. The molecule has 0 aliphatic carbocycles. The molecule has 9 heteroatoms. The lowest BCUT2D eigenvalue weighted by molar-refractivity contribution is -0.134. The van der Waals surface area contributed by atoms with Crippen molar-refractivity contribution in [3.8, 4) is 16.9 Å². The summed E-state index contributed by atoms with van der Waals surface area (Å²) in [5.74, 6) is 1.21. The van der Waals surface area contributed by atoms with Crippen molar-refractivity contribution in [1.29, 1.82) is 0 Å². The molecule has 0 radical (unpaired) electrons. The van der Waals surface area contributed by atoms with Crippen LogP contribution in [0.5, 0.6) is 5.75 Å². The molecule has 1 aromatic carbocycles. The number of ether oxygens (including phenoxy) is 1. The molecule has 146 valence electrons. The zero-order valence-corrected chi connectivity index (χ0v) is 15.4. The molecule has 0 bridgehead atoms. The van der Waals surface area contributed by atoms with E-state index in [-0.39, 0.29) is 6.04 Å². The van der Waals surface area contributed by atoms with Crippen molar-refractivity contribution in [2.75, 3.05) is 25.9 Å². The lowest BCUT2D eigenvalue weighted by Crippen LogP contribution is -2.36. The first kappa shape index (κ1) is 18.1. The number of nitrogens with zero attached hydrogens (tertiary/aromatic N) is 4. The van der Waals surface area contributed by atoms with Crippen LogP contribution in [-0.4, -0.2) is 51.1 Å². The number of carbonyl (C=O) groups is 1. The normalized spacial score (nSPS) is 15.6. The molecule has 3 aromatic rings. The lowest BCUT2D eigenvalue weighted by atomic mass is 10.1. The van der Waals surface area contributed by atoms with E-state index in [0.717, 1.165) is 40.8 Å². The molecule has 1 aliphatic rings. The third kappa shape index (κ3) is 3.31. The van der Waals surface area contributed by atoms with E-state index in [2.05, 4.69) is 20.7 Å². The fraction of sp³-hybridized carbons (Fsp3) is 0.316. The van der Waals surface area contributed by atoms with E-state index in [4.69, 9.17) is 20.4 Å². The average molecular weight is 383 g/mol. The number of hydrogen-bond donors (Lipinski definition) is 2. The van der Waals surface area contributed by atoms with E-state index in [1.165, 1.54) is 11.4 Å². The Morgan fingerprint density at radius 3 is 2.57 bits per heavy atom. The van der Waals surface area contributed by atoms with Crippen molar-refractivity contribution in [3.63, 3.8) is 0 Å². The third-order valence-corrected chi connectivity index (χ3v) is 5.06. The Morgan fingerprint density at radius 2 is 1.93 bits per heavy atom. The van der Waals surface area contributed by atoms with Crippen LogP contribution in [0.25, 0.3) is 22.2 Å². The molecule has 0 spiro atoms. The number of methoxy groups -OCH3 is 1. The number of hydroxylamine groups is 2. The summed E-state index contributed by atoms with van der Waals surface area (Å²) in [4.78, 5) is 24.1. The minimum Gasteiger partial charge on any atom is -0.497 e. The van der Waals surface area contributed by atoms with Crippen molar-refractivity contribution in [3.05, 3.63) is 36.8 Å². The fourth-order valence-electron chi connectivity index (χ4n) is 3.70. The number of benzene rings is 1. The van der Waals surface area contributed by atoms with Gasteiger partial charge in [-0.1, -0.05) is 12.1 Å². The van der Waals surface area contributed by atoms with E-state index in [1.807, 2.05) is 24.3 Å². The molecule has 1 aliphatic heterocycles. The van der Waals surface area contributed by atoms with Gasteiger partial charge in [0.2, 0.25) is 0 Å². The fourth-order valence-corrected chi connectivity index (χ4v) is 3.70. The Bertz CT molecular complexity index is 993. The number of rotatable bonds is 4. The third-order valence-electron chi connectivity index (χ3n) is 5.06.